The van der Waals surface area contributed by atoms with Gasteiger partial charge in [-0.15, -0.1) is 0 Å². The van der Waals surface area contributed by atoms with Gasteiger partial charge in [-0.3, -0.25) is 4.72 Å². The number of aryl methyl sites for hydroxylation is 1. The van der Waals surface area contributed by atoms with Crippen molar-refractivity contribution >= 4 is 30.1 Å². The first-order valence-electron chi connectivity index (χ1n) is 10.8. The van der Waals surface area contributed by atoms with Gasteiger partial charge >= 0.3 is 6.18 Å². The molecule has 3 rings (SSSR count). The molecule has 1 aliphatic carbocycles. The third-order valence-corrected chi connectivity index (χ3v) is 7.00. The van der Waals surface area contributed by atoms with Crippen LogP contribution in [0.15, 0.2) is 48.6 Å². The highest BCUT2D eigenvalue weighted by Crippen LogP contribution is 2.40. The molecule has 0 aliphatic heterocycles. The van der Waals surface area contributed by atoms with Gasteiger partial charge in [0.25, 0.3) is 0 Å². The molecule has 0 heterocycles. The highest BCUT2D eigenvalue weighted by molar-refractivity contribution is 7.78. The maximum absolute atomic E-state index is 13.2. The summed E-state index contributed by atoms with van der Waals surface area (Å²) in [5.41, 5.74) is 4.98. The van der Waals surface area contributed by atoms with Gasteiger partial charge in [-0.2, -0.15) is 13.2 Å². The van der Waals surface area contributed by atoms with Crippen molar-refractivity contribution in [1.29, 1.82) is 0 Å². The molecule has 1 N–H and O–H groups in total. The van der Waals surface area contributed by atoms with E-state index in [4.69, 9.17) is 11.6 Å². The number of hydrogen-bond acceptors (Lipinski definition) is 3. The Hall–Kier alpha value is -1.63. The van der Waals surface area contributed by atoms with E-state index in [9.17, 15) is 13.2 Å². The summed E-state index contributed by atoms with van der Waals surface area (Å²) in [6.07, 6.45) is -2.30. The highest BCUT2D eigenvalue weighted by Gasteiger charge is 2.33. The van der Waals surface area contributed by atoms with E-state index >= 15 is 0 Å². The second-order valence-electron chi connectivity index (χ2n) is 8.89. The average molecular weight is 483 g/mol. The van der Waals surface area contributed by atoms with Gasteiger partial charge in [0.05, 0.1) is 10.6 Å². The molecule has 3 unspecified atom stereocenters. The summed E-state index contributed by atoms with van der Waals surface area (Å²) >= 11 is 10.2. The molecule has 2 nitrogen and oxygen atoms in total. The lowest BCUT2D eigenvalue weighted by Crippen LogP contribution is -2.38. The van der Waals surface area contributed by atoms with Gasteiger partial charge in [0.2, 0.25) is 0 Å². The lowest BCUT2D eigenvalue weighted by Gasteiger charge is -2.31. The van der Waals surface area contributed by atoms with Gasteiger partial charge in [0, 0.05) is 30.7 Å². The second kappa shape index (κ2) is 10.1. The monoisotopic (exact) mass is 482 g/mol. The minimum atomic E-state index is -4.47. The van der Waals surface area contributed by atoms with Crippen molar-refractivity contribution in [3.05, 3.63) is 75.8 Å². The van der Waals surface area contributed by atoms with Gasteiger partial charge in [-0.1, -0.05) is 61.7 Å². The molecule has 0 amide bonds. The molecule has 0 saturated carbocycles. The highest BCUT2D eigenvalue weighted by atomic mass is 35.5. The normalized spacial score (nSPS) is 17.7. The van der Waals surface area contributed by atoms with Crippen LogP contribution in [0.4, 0.5) is 18.9 Å². The lowest BCUT2D eigenvalue weighted by molar-refractivity contribution is -0.137. The molecule has 0 saturated heterocycles. The number of hydrogen-bond donors (Lipinski definition) is 2. The van der Waals surface area contributed by atoms with Crippen LogP contribution in [0.2, 0.25) is 5.02 Å². The Morgan fingerprint density at radius 3 is 2.53 bits per heavy atom. The fourth-order valence-electron chi connectivity index (χ4n) is 4.46. The standard InChI is InChI=1S/C25H30ClF3N2S/c1-15(2)21-9-7-18-5-6-19(11-22(18)21)16(3)13-31(14-17(4)30-32)20-8-10-23(24(26)12-20)25(27,28)29/h5-6,8,10-12,16-17,21,30,32H,1,7,9,13-14H2,2-4H3. The average Bonchev–Trinajstić information content (AvgIpc) is 3.15. The van der Waals surface area contributed by atoms with Crippen LogP contribution in [0, 0.1) is 0 Å². The molecule has 0 bridgehead atoms. The summed E-state index contributed by atoms with van der Waals surface area (Å²) in [6.45, 7) is 11.6. The smallest absolute Gasteiger partial charge is 0.369 e. The van der Waals surface area contributed by atoms with Crippen LogP contribution in [-0.4, -0.2) is 19.1 Å². The van der Waals surface area contributed by atoms with E-state index < -0.39 is 11.7 Å². The topological polar surface area (TPSA) is 15.3 Å². The summed E-state index contributed by atoms with van der Waals surface area (Å²) < 4.78 is 42.4. The zero-order valence-electron chi connectivity index (χ0n) is 18.6. The molecule has 3 atom stereocenters. The van der Waals surface area contributed by atoms with Gasteiger partial charge in [-0.05, 0) is 67.5 Å². The van der Waals surface area contributed by atoms with Crippen molar-refractivity contribution in [2.24, 2.45) is 0 Å². The molecule has 32 heavy (non-hydrogen) atoms. The fourth-order valence-corrected chi connectivity index (χ4v) is 4.83. The van der Waals surface area contributed by atoms with E-state index in [-0.39, 0.29) is 17.0 Å². The molecule has 0 fully saturated rings. The quantitative estimate of drug-likeness (QED) is 0.301. The predicted octanol–water partition coefficient (Wildman–Crippen LogP) is 7.40. The van der Waals surface area contributed by atoms with Crippen LogP contribution in [-0.2, 0) is 12.6 Å². The summed E-state index contributed by atoms with van der Waals surface area (Å²) in [7, 11) is 0. The van der Waals surface area contributed by atoms with Crippen molar-refractivity contribution in [3.8, 4) is 0 Å². The largest absolute Gasteiger partial charge is 0.417 e. The van der Waals surface area contributed by atoms with Crippen molar-refractivity contribution in [2.45, 2.75) is 57.7 Å². The number of halogens is 4. The Balaban J connectivity index is 1.87. The number of alkyl halides is 3. The number of anilines is 1. The third-order valence-electron chi connectivity index (χ3n) is 6.24. The number of nitrogens with one attached hydrogen (secondary N) is 1. The van der Waals surface area contributed by atoms with Gasteiger partial charge in [0.1, 0.15) is 0 Å². The van der Waals surface area contributed by atoms with Gasteiger partial charge in [0.15, 0.2) is 0 Å². The number of fused-ring (bicyclic) bond motifs is 1. The maximum atomic E-state index is 13.2. The number of nitrogens with zero attached hydrogens (tertiary/aromatic N) is 1. The van der Waals surface area contributed by atoms with Crippen LogP contribution in [0.1, 0.15) is 61.3 Å². The molecular formula is C25H30ClF3N2S. The fraction of sp³-hybridized carbons (Fsp3) is 0.440. The van der Waals surface area contributed by atoms with Crippen molar-refractivity contribution in [3.63, 3.8) is 0 Å². The Morgan fingerprint density at radius 2 is 1.94 bits per heavy atom. The number of thiol groups is 1. The Bertz CT molecular complexity index is 976. The zero-order chi connectivity index (χ0) is 23.6. The predicted molar refractivity (Wildman–Crippen MR) is 131 cm³/mol. The van der Waals surface area contributed by atoms with Crippen molar-refractivity contribution in [1.82, 2.24) is 4.72 Å². The van der Waals surface area contributed by atoms with Gasteiger partial charge in [-0.25, -0.2) is 0 Å². The van der Waals surface area contributed by atoms with Crippen molar-refractivity contribution < 1.29 is 13.2 Å². The third kappa shape index (κ3) is 5.64. The van der Waals surface area contributed by atoms with Crippen LogP contribution in [0.5, 0.6) is 0 Å². The van der Waals surface area contributed by atoms with Crippen LogP contribution in [0.3, 0.4) is 0 Å². The van der Waals surface area contributed by atoms with E-state index in [0.29, 0.717) is 24.7 Å². The molecule has 1 aliphatic rings. The first-order valence-corrected chi connectivity index (χ1v) is 11.6. The molecule has 2 aromatic carbocycles. The molecule has 7 heteroatoms. The Labute approximate surface area is 199 Å². The van der Waals surface area contributed by atoms with E-state index in [1.54, 1.807) is 0 Å². The SMILES string of the molecule is C=C(C)C1CCc2ccc(C(C)CN(CC(C)NS)c3ccc(C(F)(F)F)c(Cl)c3)cc21. The second-order valence-corrected chi connectivity index (χ2v) is 9.56. The molecule has 174 valence electrons. The number of allylic oxidation sites excluding steroid dienone is 1. The summed E-state index contributed by atoms with van der Waals surface area (Å²) in [5.74, 6) is 0.565. The van der Waals surface area contributed by atoms with Gasteiger partial charge < -0.3 is 4.90 Å². The number of benzene rings is 2. The molecular weight excluding hydrogens is 453 g/mol. The minimum Gasteiger partial charge on any atom is -0.369 e. The maximum Gasteiger partial charge on any atom is 0.417 e. The Morgan fingerprint density at radius 1 is 1.22 bits per heavy atom. The first-order chi connectivity index (χ1) is 15.0. The van der Waals surface area contributed by atoms with E-state index in [0.717, 1.165) is 18.9 Å². The minimum absolute atomic E-state index is 0.0272. The molecule has 2 aromatic rings. The van der Waals surface area contributed by atoms with E-state index in [1.165, 1.54) is 34.4 Å². The zero-order valence-corrected chi connectivity index (χ0v) is 20.3. The van der Waals surface area contributed by atoms with E-state index in [1.807, 2.05) is 6.92 Å². The molecule has 0 spiro atoms. The Kier molecular flexibility index (Phi) is 7.89. The van der Waals surface area contributed by atoms with Crippen molar-refractivity contribution in [2.75, 3.05) is 18.0 Å². The van der Waals surface area contributed by atoms with E-state index in [2.05, 4.69) is 61.1 Å². The first kappa shape index (κ1) is 25.0. The molecule has 0 radical (unpaired) electrons. The van der Waals surface area contributed by atoms with Crippen LogP contribution in [0.25, 0.3) is 0 Å². The summed E-state index contributed by atoms with van der Waals surface area (Å²) in [6, 6.07) is 10.6. The summed E-state index contributed by atoms with van der Waals surface area (Å²) in [5, 5.41) is -0.291. The lowest BCUT2D eigenvalue weighted by atomic mass is 9.90. The van der Waals surface area contributed by atoms with Crippen LogP contribution >= 0.6 is 24.4 Å². The summed E-state index contributed by atoms with van der Waals surface area (Å²) in [4.78, 5) is 2.06. The molecule has 0 aromatic heterocycles. The van der Waals surface area contributed by atoms with Crippen LogP contribution < -0.4 is 9.62 Å². The number of rotatable bonds is 8.